The van der Waals surface area contributed by atoms with Crippen molar-refractivity contribution in [2.45, 2.75) is 69.1 Å². The van der Waals surface area contributed by atoms with Crippen molar-refractivity contribution in [3.8, 4) is 0 Å². The number of ether oxygens (including phenoxy) is 1. The minimum Gasteiger partial charge on any atom is -0.480 e. The van der Waals surface area contributed by atoms with Crippen LogP contribution in [-0.2, 0) is 9.53 Å². The summed E-state index contributed by atoms with van der Waals surface area (Å²) in [6.07, 6.45) is 6.61. The van der Waals surface area contributed by atoms with E-state index < -0.39 is 11.5 Å². The molecule has 0 aliphatic heterocycles. The van der Waals surface area contributed by atoms with Crippen LogP contribution in [0.5, 0.6) is 0 Å². The third-order valence-electron chi connectivity index (χ3n) is 4.48. The van der Waals surface area contributed by atoms with E-state index in [1.165, 1.54) is 0 Å². The number of aliphatic carboxylic acids is 1. The van der Waals surface area contributed by atoms with E-state index in [-0.39, 0.29) is 18.2 Å². The Hall–Kier alpha value is -1.30. The molecule has 20 heavy (non-hydrogen) atoms. The van der Waals surface area contributed by atoms with Crippen LogP contribution in [0.3, 0.4) is 0 Å². The van der Waals surface area contributed by atoms with Crippen molar-refractivity contribution < 1.29 is 19.4 Å². The quantitative estimate of drug-likeness (QED) is 0.685. The summed E-state index contributed by atoms with van der Waals surface area (Å²) < 4.78 is 5.16. The Morgan fingerprint density at radius 3 is 2.25 bits per heavy atom. The normalized spacial score (nSPS) is 28.9. The summed E-state index contributed by atoms with van der Waals surface area (Å²) in [4.78, 5) is 23.6. The monoisotopic (exact) mass is 284 g/mol. The number of nitrogens with one attached hydrogen (secondary N) is 2. The number of carboxylic acids is 1. The summed E-state index contributed by atoms with van der Waals surface area (Å²) in [5.41, 5.74) is -1.09. The summed E-state index contributed by atoms with van der Waals surface area (Å²) in [5, 5.41) is 15.0. The molecule has 3 N–H and O–H groups in total. The SMILES string of the molecule is COC1CC(NC(=O)NC2(C(=O)O)CCCCCC2)C1. The zero-order chi connectivity index (χ0) is 14.6. The fraction of sp³-hybridized carbons (Fsp3) is 0.857. The first-order valence-corrected chi connectivity index (χ1v) is 7.40. The number of methoxy groups -OCH3 is 1. The molecule has 114 valence electrons. The number of urea groups is 1. The molecule has 2 aliphatic carbocycles. The molecule has 0 atom stereocenters. The molecule has 2 amide bonds. The van der Waals surface area contributed by atoms with Crippen LogP contribution in [0.25, 0.3) is 0 Å². The van der Waals surface area contributed by atoms with E-state index in [2.05, 4.69) is 10.6 Å². The number of carboxylic acid groups (broad SMARTS) is 1. The predicted octanol–water partition coefficient (Wildman–Crippen LogP) is 1.64. The second-order valence-electron chi connectivity index (χ2n) is 5.93. The van der Waals surface area contributed by atoms with Crippen molar-refractivity contribution in [3.63, 3.8) is 0 Å². The molecule has 0 aromatic heterocycles. The van der Waals surface area contributed by atoms with Gasteiger partial charge in [0.15, 0.2) is 0 Å². The number of rotatable bonds is 4. The van der Waals surface area contributed by atoms with Crippen LogP contribution >= 0.6 is 0 Å². The number of amides is 2. The van der Waals surface area contributed by atoms with Gasteiger partial charge in [-0.15, -0.1) is 0 Å². The fourth-order valence-corrected chi connectivity index (χ4v) is 3.04. The van der Waals surface area contributed by atoms with Crippen LogP contribution < -0.4 is 10.6 Å². The largest absolute Gasteiger partial charge is 0.480 e. The highest BCUT2D eigenvalue weighted by Crippen LogP contribution is 2.28. The number of hydrogen-bond donors (Lipinski definition) is 3. The van der Waals surface area contributed by atoms with E-state index in [9.17, 15) is 14.7 Å². The molecule has 2 saturated carbocycles. The summed E-state index contributed by atoms with van der Waals surface area (Å²) in [6.45, 7) is 0. The van der Waals surface area contributed by atoms with Crippen molar-refractivity contribution in [2.24, 2.45) is 0 Å². The summed E-state index contributed by atoms with van der Waals surface area (Å²) in [6, 6.07) is -0.273. The average Bonchev–Trinajstić information content (AvgIpc) is 2.59. The molecule has 2 fully saturated rings. The zero-order valence-electron chi connectivity index (χ0n) is 12.0. The minimum atomic E-state index is -1.09. The van der Waals surface area contributed by atoms with Crippen molar-refractivity contribution in [1.82, 2.24) is 10.6 Å². The lowest BCUT2D eigenvalue weighted by Gasteiger charge is -2.36. The van der Waals surface area contributed by atoms with Crippen molar-refractivity contribution in [2.75, 3.05) is 7.11 Å². The first-order chi connectivity index (χ1) is 9.55. The maximum atomic E-state index is 12.0. The molecule has 0 radical (unpaired) electrons. The van der Waals surface area contributed by atoms with Gasteiger partial charge in [-0.05, 0) is 25.7 Å². The Bertz CT molecular complexity index is 358. The first kappa shape index (κ1) is 15.1. The Morgan fingerprint density at radius 2 is 1.75 bits per heavy atom. The van der Waals surface area contributed by atoms with Gasteiger partial charge in [0.05, 0.1) is 6.10 Å². The molecule has 0 unspecified atom stereocenters. The number of hydrogen-bond acceptors (Lipinski definition) is 3. The van der Waals surface area contributed by atoms with Gasteiger partial charge < -0.3 is 20.5 Å². The van der Waals surface area contributed by atoms with Gasteiger partial charge >= 0.3 is 12.0 Å². The summed E-state index contributed by atoms with van der Waals surface area (Å²) in [5.74, 6) is -0.919. The van der Waals surface area contributed by atoms with Gasteiger partial charge in [-0.3, -0.25) is 0 Å². The van der Waals surface area contributed by atoms with Crippen LogP contribution in [0.15, 0.2) is 0 Å². The molecule has 2 aliphatic rings. The Labute approximate surface area is 119 Å². The standard InChI is InChI=1S/C14H24N2O4/c1-20-11-8-10(9-11)15-13(19)16-14(12(17)18)6-4-2-3-5-7-14/h10-11H,2-9H2,1H3,(H,17,18)(H2,15,16,19). The zero-order valence-corrected chi connectivity index (χ0v) is 12.0. The van der Waals surface area contributed by atoms with Gasteiger partial charge in [0.1, 0.15) is 5.54 Å². The highest BCUT2D eigenvalue weighted by atomic mass is 16.5. The lowest BCUT2D eigenvalue weighted by Crippen LogP contribution is -2.60. The lowest BCUT2D eigenvalue weighted by molar-refractivity contribution is -0.145. The van der Waals surface area contributed by atoms with E-state index >= 15 is 0 Å². The van der Waals surface area contributed by atoms with Crippen molar-refractivity contribution in [3.05, 3.63) is 0 Å². The fourth-order valence-electron chi connectivity index (χ4n) is 3.04. The molecular formula is C14H24N2O4. The molecule has 2 rings (SSSR count). The Balaban J connectivity index is 1.87. The number of carbonyl (C=O) groups is 2. The van der Waals surface area contributed by atoms with Crippen LogP contribution in [0.2, 0.25) is 0 Å². The molecular weight excluding hydrogens is 260 g/mol. The van der Waals surface area contributed by atoms with E-state index in [4.69, 9.17) is 4.74 Å². The summed E-state index contributed by atoms with van der Waals surface area (Å²) >= 11 is 0. The Morgan fingerprint density at radius 1 is 1.15 bits per heavy atom. The molecule has 6 nitrogen and oxygen atoms in total. The third kappa shape index (κ3) is 3.42. The molecule has 6 heteroatoms. The second kappa shape index (κ2) is 6.43. The van der Waals surface area contributed by atoms with E-state index in [1.807, 2.05) is 0 Å². The van der Waals surface area contributed by atoms with Crippen LogP contribution in [0, 0.1) is 0 Å². The van der Waals surface area contributed by atoms with Crippen molar-refractivity contribution >= 4 is 12.0 Å². The maximum Gasteiger partial charge on any atom is 0.329 e. The minimum absolute atomic E-state index is 0.0940. The number of carbonyl (C=O) groups excluding carboxylic acids is 1. The van der Waals surface area contributed by atoms with Gasteiger partial charge in [0, 0.05) is 13.2 Å². The van der Waals surface area contributed by atoms with Gasteiger partial charge in [-0.25, -0.2) is 9.59 Å². The highest BCUT2D eigenvalue weighted by Gasteiger charge is 2.41. The van der Waals surface area contributed by atoms with Crippen LogP contribution in [-0.4, -0.2) is 41.9 Å². The van der Waals surface area contributed by atoms with E-state index in [0.717, 1.165) is 38.5 Å². The highest BCUT2D eigenvalue weighted by molar-refractivity contribution is 5.86. The van der Waals surface area contributed by atoms with Crippen LogP contribution in [0.4, 0.5) is 4.79 Å². The predicted molar refractivity (Wildman–Crippen MR) is 73.6 cm³/mol. The molecule has 0 spiro atoms. The topological polar surface area (TPSA) is 87.7 Å². The average molecular weight is 284 g/mol. The molecule has 0 aromatic carbocycles. The van der Waals surface area contributed by atoms with Crippen LogP contribution in [0.1, 0.15) is 51.4 Å². The summed E-state index contributed by atoms with van der Waals surface area (Å²) in [7, 11) is 1.66. The van der Waals surface area contributed by atoms with Gasteiger partial charge in [-0.2, -0.15) is 0 Å². The van der Waals surface area contributed by atoms with Gasteiger partial charge in [0.2, 0.25) is 0 Å². The molecule has 0 bridgehead atoms. The van der Waals surface area contributed by atoms with E-state index in [1.54, 1.807) is 7.11 Å². The van der Waals surface area contributed by atoms with Gasteiger partial charge in [-0.1, -0.05) is 25.7 Å². The smallest absolute Gasteiger partial charge is 0.329 e. The Kier molecular flexibility index (Phi) is 4.86. The van der Waals surface area contributed by atoms with E-state index in [0.29, 0.717) is 12.8 Å². The van der Waals surface area contributed by atoms with Crippen molar-refractivity contribution in [1.29, 1.82) is 0 Å². The molecule has 0 aromatic rings. The van der Waals surface area contributed by atoms with Gasteiger partial charge in [0.25, 0.3) is 0 Å². The molecule has 0 saturated heterocycles. The second-order valence-corrected chi connectivity index (χ2v) is 5.93. The first-order valence-electron chi connectivity index (χ1n) is 7.40. The third-order valence-corrected chi connectivity index (χ3v) is 4.48. The molecule has 0 heterocycles. The lowest BCUT2D eigenvalue weighted by atomic mass is 9.89. The maximum absolute atomic E-state index is 12.0.